The lowest BCUT2D eigenvalue weighted by atomic mass is 10.1. The molecule has 0 atom stereocenters. The Bertz CT molecular complexity index is 570. The highest BCUT2D eigenvalue weighted by Crippen LogP contribution is 2.23. The first-order valence-corrected chi connectivity index (χ1v) is 7.74. The van der Waals surface area contributed by atoms with Crippen molar-refractivity contribution in [2.45, 2.75) is 25.8 Å². The predicted octanol–water partition coefficient (Wildman–Crippen LogP) is 2.70. The van der Waals surface area contributed by atoms with E-state index in [9.17, 15) is 0 Å². The zero-order chi connectivity index (χ0) is 13.8. The van der Waals surface area contributed by atoms with Gasteiger partial charge in [0, 0.05) is 13.1 Å². The van der Waals surface area contributed by atoms with Crippen molar-refractivity contribution in [3.05, 3.63) is 29.5 Å². The van der Waals surface area contributed by atoms with Crippen molar-refractivity contribution in [3.8, 4) is 10.8 Å². The highest BCUT2D eigenvalue weighted by Gasteiger charge is 2.12. The molecule has 5 nitrogen and oxygen atoms in total. The van der Waals surface area contributed by atoms with E-state index in [1.54, 1.807) is 17.6 Å². The summed E-state index contributed by atoms with van der Waals surface area (Å²) < 4.78 is 5.46. The molecular weight excluding hydrogens is 272 g/mol. The molecule has 2 aromatic rings. The molecule has 0 bridgehead atoms. The van der Waals surface area contributed by atoms with Crippen LogP contribution in [0.5, 0.6) is 0 Å². The third kappa shape index (κ3) is 3.01. The lowest BCUT2D eigenvalue weighted by Gasteiger charge is -2.27. The molecule has 0 spiro atoms. The van der Waals surface area contributed by atoms with E-state index >= 15 is 0 Å². The number of thiophene rings is 1. The SMILES string of the molecule is NC(=NCc1coc(-c2cccs2)n1)N1CCCCC1. The Kier molecular flexibility index (Phi) is 4.01. The molecule has 0 aliphatic carbocycles. The smallest absolute Gasteiger partial charge is 0.236 e. The van der Waals surface area contributed by atoms with Gasteiger partial charge in [0.05, 0.1) is 11.4 Å². The Balaban J connectivity index is 1.63. The maximum absolute atomic E-state index is 6.02. The van der Waals surface area contributed by atoms with Crippen LogP contribution in [0.2, 0.25) is 0 Å². The quantitative estimate of drug-likeness (QED) is 0.697. The molecule has 0 saturated carbocycles. The van der Waals surface area contributed by atoms with Crippen molar-refractivity contribution >= 4 is 17.3 Å². The molecule has 106 valence electrons. The Hall–Kier alpha value is -1.82. The number of aromatic nitrogens is 1. The second-order valence-electron chi connectivity index (χ2n) is 4.84. The molecule has 3 heterocycles. The minimum absolute atomic E-state index is 0.469. The van der Waals surface area contributed by atoms with E-state index in [-0.39, 0.29) is 0 Å². The standard InChI is InChI=1S/C14H18N4OS/c15-14(18-6-2-1-3-7-18)16-9-11-10-19-13(17-11)12-5-4-8-20-12/h4-5,8,10H,1-3,6-7,9H2,(H2,15,16). The lowest BCUT2D eigenvalue weighted by Crippen LogP contribution is -2.40. The van der Waals surface area contributed by atoms with Gasteiger partial charge >= 0.3 is 0 Å². The molecule has 1 saturated heterocycles. The molecule has 2 aromatic heterocycles. The van der Waals surface area contributed by atoms with E-state index in [1.165, 1.54) is 19.3 Å². The third-order valence-electron chi connectivity index (χ3n) is 3.37. The topological polar surface area (TPSA) is 67.6 Å². The fourth-order valence-corrected chi connectivity index (χ4v) is 2.93. The molecule has 2 N–H and O–H groups in total. The van der Waals surface area contributed by atoms with Crippen LogP contribution >= 0.6 is 11.3 Å². The summed E-state index contributed by atoms with van der Waals surface area (Å²) in [6.07, 6.45) is 5.34. The molecule has 3 rings (SSSR count). The molecule has 1 fully saturated rings. The van der Waals surface area contributed by atoms with Gasteiger partial charge in [0.25, 0.3) is 0 Å². The Morgan fingerprint density at radius 3 is 3.00 bits per heavy atom. The molecule has 0 aromatic carbocycles. The molecule has 0 unspecified atom stereocenters. The average molecular weight is 290 g/mol. The van der Waals surface area contributed by atoms with E-state index in [4.69, 9.17) is 10.2 Å². The van der Waals surface area contributed by atoms with Crippen molar-refractivity contribution in [1.82, 2.24) is 9.88 Å². The normalized spacial score (nSPS) is 16.6. The van der Waals surface area contributed by atoms with E-state index in [1.807, 2.05) is 17.5 Å². The zero-order valence-electron chi connectivity index (χ0n) is 11.3. The van der Waals surface area contributed by atoms with Crippen molar-refractivity contribution < 1.29 is 4.42 Å². The number of oxazole rings is 1. The van der Waals surface area contributed by atoms with E-state index in [0.29, 0.717) is 18.4 Å². The van der Waals surface area contributed by atoms with Crippen molar-refractivity contribution in [3.63, 3.8) is 0 Å². The molecule has 0 amide bonds. The zero-order valence-corrected chi connectivity index (χ0v) is 12.1. The first kappa shape index (κ1) is 13.2. The average Bonchev–Trinajstić information content (AvgIpc) is 3.16. The fourth-order valence-electron chi connectivity index (χ4n) is 2.28. The van der Waals surface area contributed by atoms with Crippen LogP contribution in [0, 0.1) is 0 Å². The number of nitrogens with two attached hydrogens (primary N) is 1. The number of aliphatic imine (C=N–C) groups is 1. The number of likely N-dealkylation sites (tertiary alicyclic amines) is 1. The summed E-state index contributed by atoms with van der Waals surface area (Å²) in [5.41, 5.74) is 6.83. The highest BCUT2D eigenvalue weighted by atomic mass is 32.1. The summed E-state index contributed by atoms with van der Waals surface area (Å²) in [6.45, 7) is 2.49. The van der Waals surface area contributed by atoms with Crippen LogP contribution in [0.3, 0.4) is 0 Å². The summed E-state index contributed by atoms with van der Waals surface area (Å²) >= 11 is 1.61. The Morgan fingerprint density at radius 1 is 1.40 bits per heavy atom. The van der Waals surface area contributed by atoms with Crippen LogP contribution in [0.25, 0.3) is 10.8 Å². The van der Waals surface area contributed by atoms with Gasteiger partial charge in [0.1, 0.15) is 12.0 Å². The Morgan fingerprint density at radius 2 is 2.25 bits per heavy atom. The number of guanidine groups is 1. The number of nitrogens with zero attached hydrogens (tertiary/aromatic N) is 3. The van der Waals surface area contributed by atoms with Crippen molar-refractivity contribution in [1.29, 1.82) is 0 Å². The number of piperidine rings is 1. The van der Waals surface area contributed by atoms with Gasteiger partial charge in [-0.1, -0.05) is 6.07 Å². The van der Waals surface area contributed by atoms with Gasteiger partial charge in [0.2, 0.25) is 5.89 Å². The summed E-state index contributed by atoms with van der Waals surface area (Å²) in [6, 6.07) is 3.97. The van der Waals surface area contributed by atoms with Crippen LogP contribution < -0.4 is 5.73 Å². The monoisotopic (exact) mass is 290 g/mol. The van der Waals surface area contributed by atoms with Gasteiger partial charge in [-0.15, -0.1) is 11.3 Å². The van der Waals surface area contributed by atoms with Gasteiger partial charge in [-0.25, -0.2) is 9.98 Å². The highest BCUT2D eigenvalue weighted by molar-refractivity contribution is 7.13. The first-order valence-electron chi connectivity index (χ1n) is 6.86. The predicted molar refractivity (Wildman–Crippen MR) is 80.6 cm³/mol. The minimum atomic E-state index is 0.469. The molecule has 0 radical (unpaired) electrons. The second kappa shape index (κ2) is 6.09. The van der Waals surface area contributed by atoms with Crippen LogP contribution in [0.4, 0.5) is 0 Å². The molecule has 1 aliphatic rings. The Labute approximate surface area is 122 Å². The van der Waals surface area contributed by atoms with E-state index < -0.39 is 0 Å². The van der Waals surface area contributed by atoms with Gasteiger partial charge in [-0.05, 0) is 30.7 Å². The van der Waals surface area contributed by atoms with Gasteiger partial charge < -0.3 is 15.1 Å². The van der Waals surface area contributed by atoms with Gasteiger partial charge in [0.15, 0.2) is 5.96 Å². The summed E-state index contributed by atoms with van der Waals surface area (Å²) in [4.78, 5) is 12.0. The van der Waals surface area contributed by atoms with Gasteiger partial charge in [-0.2, -0.15) is 0 Å². The summed E-state index contributed by atoms with van der Waals surface area (Å²) in [7, 11) is 0. The van der Waals surface area contributed by atoms with E-state index in [0.717, 1.165) is 23.7 Å². The van der Waals surface area contributed by atoms with Crippen LogP contribution in [0.1, 0.15) is 25.0 Å². The number of hydrogen-bond acceptors (Lipinski definition) is 4. The molecular formula is C14H18N4OS. The molecule has 20 heavy (non-hydrogen) atoms. The number of rotatable bonds is 3. The molecule has 1 aliphatic heterocycles. The maximum Gasteiger partial charge on any atom is 0.236 e. The maximum atomic E-state index is 6.02. The van der Waals surface area contributed by atoms with E-state index in [2.05, 4.69) is 14.9 Å². The second-order valence-corrected chi connectivity index (χ2v) is 5.79. The first-order chi connectivity index (χ1) is 9.83. The van der Waals surface area contributed by atoms with Crippen molar-refractivity contribution in [2.75, 3.05) is 13.1 Å². The third-order valence-corrected chi connectivity index (χ3v) is 4.22. The van der Waals surface area contributed by atoms with Crippen LogP contribution in [-0.2, 0) is 6.54 Å². The number of hydrogen-bond donors (Lipinski definition) is 1. The van der Waals surface area contributed by atoms with Crippen LogP contribution in [0.15, 0.2) is 33.2 Å². The van der Waals surface area contributed by atoms with Gasteiger partial charge in [-0.3, -0.25) is 0 Å². The molecule has 6 heteroatoms. The van der Waals surface area contributed by atoms with Crippen LogP contribution in [-0.4, -0.2) is 28.9 Å². The summed E-state index contributed by atoms with van der Waals surface area (Å²) in [5, 5.41) is 2.01. The lowest BCUT2D eigenvalue weighted by molar-refractivity contribution is 0.338. The minimum Gasteiger partial charge on any atom is -0.443 e. The largest absolute Gasteiger partial charge is 0.443 e. The summed E-state index contributed by atoms with van der Waals surface area (Å²) in [5.74, 6) is 1.27. The fraction of sp³-hybridized carbons (Fsp3) is 0.429. The van der Waals surface area contributed by atoms with Crippen molar-refractivity contribution in [2.24, 2.45) is 10.7 Å².